The summed E-state index contributed by atoms with van der Waals surface area (Å²) in [4.78, 5) is 22.5. The second-order valence-electron chi connectivity index (χ2n) is 3.93. The van der Waals surface area contributed by atoms with Crippen molar-refractivity contribution in [3.63, 3.8) is 0 Å². The number of halogens is 2. The molecule has 8 heteroatoms. The summed E-state index contributed by atoms with van der Waals surface area (Å²) in [6.07, 6.45) is 3.69. The molecule has 20 heavy (non-hydrogen) atoms. The minimum Gasteiger partial charge on any atom is -0.322 e. The van der Waals surface area contributed by atoms with E-state index >= 15 is 0 Å². The van der Waals surface area contributed by atoms with Gasteiger partial charge in [-0.05, 0) is 30.0 Å². The number of nitrogens with one attached hydrogen (secondary N) is 2. The van der Waals surface area contributed by atoms with Crippen molar-refractivity contribution in [3.8, 4) is 5.69 Å². The number of hydrogen-bond acceptors (Lipinski definition) is 3. The predicted molar refractivity (Wildman–Crippen MR) is 79.5 cm³/mol. The summed E-state index contributed by atoms with van der Waals surface area (Å²) in [6, 6.07) is 3.73. The van der Waals surface area contributed by atoms with Crippen molar-refractivity contribution in [1.82, 2.24) is 15.4 Å². The molecule has 5 nitrogen and oxygen atoms in total. The first-order valence-corrected chi connectivity index (χ1v) is 7.35. The Morgan fingerprint density at radius 1 is 1.25 bits per heavy atom. The Kier molecular flexibility index (Phi) is 4.69. The molecular formula is C12H11Cl2N3O2S. The molecule has 0 unspecified atom stereocenters. The van der Waals surface area contributed by atoms with E-state index in [0.717, 1.165) is 11.3 Å². The van der Waals surface area contributed by atoms with E-state index in [9.17, 15) is 9.59 Å². The van der Waals surface area contributed by atoms with E-state index in [4.69, 9.17) is 23.2 Å². The summed E-state index contributed by atoms with van der Waals surface area (Å²) in [5, 5.41) is 1.87. The number of alkyl halides is 2. The number of thiophene rings is 1. The van der Waals surface area contributed by atoms with Crippen molar-refractivity contribution in [2.75, 3.05) is 0 Å². The molecule has 106 valence electrons. The van der Waals surface area contributed by atoms with Crippen LogP contribution in [0.15, 0.2) is 29.9 Å². The molecule has 0 bridgehead atoms. The van der Waals surface area contributed by atoms with Crippen molar-refractivity contribution in [2.45, 2.75) is 11.8 Å². The van der Waals surface area contributed by atoms with Crippen LogP contribution in [0.5, 0.6) is 0 Å². The maximum Gasteiger partial charge on any atom is 0.281 e. The van der Waals surface area contributed by atoms with Crippen LogP contribution in [0.25, 0.3) is 5.69 Å². The summed E-state index contributed by atoms with van der Waals surface area (Å²) in [6.45, 7) is 1.91. The van der Waals surface area contributed by atoms with Gasteiger partial charge in [0, 0.05) is 12.4 Å². The van der Waals surface area contributed by atoms with Gasteiger partial charge >= 0.3 is 0 Å². The molecule has 0 saturated carbocycles. The van der Waals surface area contributed by atoms with Gasteiger partial charge in [0.15, 0.2) is 4.84 Å². The van der Waals surface area contributed by atoms with Gasteiger partial charge in [-0.25, -0.2) is 0 Å². The number of rotatable bonds is 3. The maximum atomic E-state index is 12.1. The van der Waals surface area contributed by atoms with Gasteiger partial charge in [-0.1, -0.05) is 23.2 Å². The number of hydrazine groups is 1. The fourth-order valence-electron chi connectivity index (χ4n) is 1.63. The minimum atomic E-state index is -1.23. The van der Waals surface area contributed by atoms with E-state index in [-0.39, 0.29) is 0 Å². The highest BCUT2D eigenvalue weighted by atomic mass is 35.5. The van der Waals surface area contributed by atoms with Crippen molar-refractivity contribution in [2.24, 2.45) is 0 Å². The summed E-state index contributed by atoms with van der Waals surface area (Å²) in [5.74, 6) is -1.10. The van der Waals surface area contributed by atoms with Crippen LogP contribution in [0, 0.1) is 6.92 Å². The Morgan fingerprint density at radius 3 is 2.50 bits per heavy atom. The zero-order valence-electron chi connectivity index (χ0n) is 10.4. The third kappa shape index (κ3) is 3.15. The number of amides is 2. The second kappa shape index (κ2) is 6.30. The quantitative estimate of drug-likeness (QED) is 0.670. The van der Waals surface area contributed by atoms with Gasteiger partial charge in [0.2, 0.25) is 0 Å². The lowest BCUT2D eigenvalue weighted by molar-refractivity contribution is -0.120. The van der Waals surface area contributed by atoms with E-state index in [0.29, 0.717) is 4.88 Å². The number of aromatic nitrogens is 1. The lowest BCUT2D eigenvalue weighted by Crippen LogP contribution is -2.43. The monoisotopic (exact) mass is 331 g/mol. The molecule has 2 rings (SSSR count). The summed E-state index contributed by atoms with van der Waals surface area (Å²) in [7, 11) is 0. The van der Waals surface area contributed by atoms with E-state index in [2.05, 4.69) is 10.9 Å². The molecule has 2 aromatic heterocycles. The zero-order valence-corrected chi connectivity index (χ0v) is 12.7. The number of aryl methyl sites for hydroxylation is 1. The highest BCUT2D eigenvalue weighted by Crippen LogP contribution is 2.26. The number of nitrogens with zero attached hydrogens (tertiary/aromatic N) is 1. The first kappa shape index (κ1) is 14.9. The minimum absolute atomic E-state index is 0.422. The molecule has 0 aromatic carbocycles. The highest BCUT2D eigenvalue weighted by Gasteiger charge is 2.19. The Labute approximate surface area is 129 Å². The van der Waals surface area contributed by atoms with Gasteiger partial charge in [-0.15, -0.1) is 11.3 Å². The van der Waals surface area contributed by atoms with Gasteiger partial charge in [0.1, 0.15) is 4.88 Å². The Morgan fingerprint density at radius 2 is 1.90 bits per heavy atom. The molecule has 2 aromatic rings. The molecular weight excluding hydrogens is 321 g/mol. The van der Waals surface area contributed by atoms with Crippen molar-refractivity contribution >= 4 is 46.4 Å². The lowest BCUT2D eigenvalue weighted by atomic mass is 10.2. The fourth-order valence-corrected chi connectivity index (χ4v) is 2.68. The molecule has 0 atom stereocenters. The molecule has 0 spiro atoms. The Bertz CT molecular complexity index is 623. The fraction of sp³-hybridized carbons (Fsp3) is 0.167. The topological polar surface area (TPSA) is 63.1 Å². The summed E-state index contributed by atoms with van der Waals surface area (Å²) in [5.41, 5.74) is 6.19. The van der Waals surface area contributed by atoms with Crippen LogP contribution in [-0.4, -0.2) is 21.2 Å². The third-order valence-electron chi connectivity index (χ3n) is 2.51. The lowest BCUT2D eigenvalue weighted by Gasteiger charge is -2.09. The van der Waals surface area contributed by atoms with Gasteiger partial charge in [0.05, 0.1) is 5.69 Å². The molecule has 0 aliphatic rings. The van der Waals surface area contributed by atoms with Crippen molar-refractivity contribution < 1.29 is 9.59 Å². The normalized spacial score (nSPS) is 10.6. The van der Waals surface area contributed by atoms with Crippen LogP contribution >= 0.6 is 34.5 Å². The molecule has 0 saturated heterocycles. The standard InChI is InChI=1S/C12H11Cl2N3O2S/c1-7-6-20-9(8(7)17-4-2-3-5-17)11(18)15-16-12(19)10(13)14/h2-6,10H,1H3,(H,15,18)(H,16,19). The largest absolute Gasteiger partial charge is 0.322 e. The summed E-state index contributed by atoms with van der Waals surface area (Å²) < 4.78 is 1.84. The number of carbonyl (C=O) groups is 2. The van der Waals surface area contributed by atoms with Crippen LogP contribution in [0.3, 0.4) is 0 Å². The van der Waals surface area contributed by atoms with Crippen LogP contribution < -0.4 is 10.9 Å². The average Bonchev–Trinajstić information content (AvgIpc) is 3.03. The second-order valence-corrected chi connectivity index (χ2v) is 5.91. The van der Waals surface area contributed by atoms with Crippen LogP contribution in [0.1, 0.15) is 15.2 Å². The van der Waals surface area contributed by atoms with E-state index in [1.54, 1.807) is 0 Å². The van der Waals surface area contributed by atoms with Gasteiger partial charge in [-0.3, -0.25) is 20.4 Å². The molecule has 0 aliphatic heterocycles. The first-order chi connectivity index (χ1) is 9.50. The predicted octanol–water partition coefficient (Wildman–Crippen LogP) is 2.41. The zero-order chi connectivity index (χ0) is 14.7. The van der Waals surface area contributed by atoms with Crippen LogP contribution in [0.4, 0.5) is 0 Å². The molecule has 2 N–H and O–H groups in total. The molecule has 0 aliphatic carbocycles. The molecule has 0 radical (unpaired) electrons. The number of hydrogen-bond donors (Lipinski definition) is 2. The van der Waals surface area contributed by atoms with E-state index < -0.39 is 16.7 Å². The summed E-state index contributed by atoms with van der Waals surface area (Å²) >= 11 is 12.0. The smallest absolute Gasteiger partial charge is 0.281 e. The van der Waals surface area contributed by atoms with Gasteiger partial charge in [0.25, 0.3) is 11.8 Å². The Hall–Kier alpha value is -1.50. The van der Waals surface area contributed by atoms with Crippen molar-refractivity contribution in [1.29, 1.82) is 0 Å². The molecule has 0 fully saturated rings. The van der Waals surface area contributed by atoms with E-state index in [1.807, 2.05) is 41.4 Å². The highest BCUT2D eigenvalue weighted by molar-refractivity contribution is 7.12. The molecule has 2 amide bonds. The molecule has 2 heterocycles. The van der Waals surface area contributed by atoms with Gasteiger partial charge < -0.3 is 4.57 Å². The Balaban J connectivity index is 2.17. The number of carbonyl (C=O) groups excluding carboxylic acids is 2. The van der Waals surface area contributed by atoms with Crippen LogP contribution in [-0.2, 0) is 4.79 Å². The van der Waals surface area contributed by atoms with Crippen molar-refractivity contribution in [3.05, 3.63) is 40.3 Å². The van der Waals surface area contributed by atoms with E-state index in [1.165, 1.54) is 11.3 Å². The maximum absolute atomic E-state index is 12.1. The third-order valence-corrected chi connectivity index (χ3v) is 3.99. The van der Waals surface area contributed by atoms with Gasteiger partial charge in [-0.2, -0.15) is 0 Å². The SMILES string of the molecule is Cc1csc(C(=O)NNC(=O)C(Cl)Cl)c1-n1cccc1. The van der Waals surface area contributed by atoms with Crippen LogP contribution in [0.2, 0.25) is 0 Å². The first-order valence-electron chi connectivity index (χ1n) is 5.60. The average molecular weight is 332 g/mol.